The number of carbonyl (C=O) groups is 1. The Labute approximate surface area is 142 Å². The first-order valence-corrected chi connectivity index (χ1v) is 8.74. The SMILES string of the molecule is CC(NC(=O)NCCCOCC1CC1)c1ccc2c(c1)OCCO2. The molecule has 2 aliphatic rings. The van der Waals surface area contributed by atoms with Crippen LogP contribution in [0.5, 0.6) is 11.5 Å². The van der Waals surface area contributed by atoms with Gasteiger partial charge in [0.15, 0.2) is 11.5 Å². The molecule has 132 valence electrons. The maximum Gasteiger partial charge on any atom is 0.315 e. The molecule has 1 aromatic carbocycles. The normalized spacial score (nSPS) is 17.2. The highest BCUT2D eigenvalue weighted by atomic mass is 16.6. The van der Waals surface area contributed by atoms with Crippen LogP contribution in [0.2, 0.25) is 0 Å². The lowest BCUT2D eigenvalue weighted by atomic mass is 10.1. The van der Waals surface area contributed by atoms with Crippen molar-refractivity contribution in [3.8, 4) is 11.5 Å². The second-order valence-corrected chi connectivity index (χ2v) is 6.40. The molecule has 1 atom stereocenters. The first kappa shape index (κ1) is 16.9. The number of urea groups is 1. The van der Waals surface area contributed by atoms with Crippen LogP contribution in [0.25, 0.3) is 0 Å². The van der Waals surface area contributed by atoms with E-state index in [1.54, 1.807) is 0 Å². The second kappa shape index (κ2) is 8.24. The lowest BCUT2D eigenvalue weighted by Gasteiger charge is -2.21. The lowest BCUT2D eigenvalue weighted by Crippen LogP contribution is -2.37. The number of nitrogens with one attached hydrogen (secondary N) is 2. The number of rotatable bonds is 8. The molecule has 2 amide bonds. The molecule has 0 spiro atoms. The fourth-order valence-corrected chi connectivity index (χ4v) is 2.57. The summed E-state index contributed by atoms with van der Waals surface area (Å²) in [6.45, 7) is 5.27. The van der Waals surface area contributed by atoms with Crippen LogP contribution in [-0.4, -0.2) is 39.0 Å². The van der Waals surface area contributed by atoms with E-state index < -0.39 is 0 Å². The predicted molar refractivity (Wildman–Crippen MR) is 90.5 cm³/mol. The first-order valence-electron chi connectivity index (χ1n) is 8.74. The van der Waals surface area contributed by atoms with Crippen LogP contribution in [-0.2, 0) is 4.74 Å². The van der Waals surface area contributed by atoms with Crippen LogP contribution in [0, 0.1) is 5.92 Å². The third-order valence-corrected chi connectivity index (χ3v) is 4.22. The molecular weight excluding hydrogens is 308 g/mol. The standard InChI is InChI=1S/C18H26N2O4/c1-13(15-5-6-16-17(11-15)24-10-9-23-16)20-18(21)19-7-2-8-22-12-14-3-4-14/h5-6,11,13-14H,2-4,7-10,12H2,1H3,(H2,19,20,21). The van der Waals surface area contributed by atoms with Crippen LogP contribution in [0.1, 0.15) is 37.8 Å². The summed E-state index contributed by atoms with van der Waals surface area (Å²) in [4.78, 5) is 11.9. The minimum atomic E-state index is -0.167. The summed E-state index contributed by atoms with van der Waals surface area (Å²) < 4.78 is 16.6. The lowest BCUT2D eigenvalue weighted by molar-refractivity contribution is 0.122. The number of benzene rings is 1. The van der Waals surface area contributed by atoms with Gasteiger partial charge in [0, 0.05) is 19.8 Å². The Morgan fingerprint density at radius 1 is 1.29 bits per heavy atom. The molecule has 0 saturated heterocycles. The van der Waals surface area contributed by atoms with Gasteiger partial charge in [0.05, 0.1) is 6.04 Å². The Kier molecular flexibility index (Phi) is 5.80. The van der Waals surface area contributed by atoms with E-state index in [4.69, 9.17) is 14.2 Å². The fraction of sp³-hybridized carbons (Fsp3) is 0.611. The Bertz CT molecular complexity index is 560. The number of hydrogen-bond donors (Lipinski definition) is 2. The molecule has 1 aromatic rings. The van der Waals surface area contributed by atoms with E-state index in [1.807, 2.05) is 25.1 Å². The highest BCUT2D eigenvalue weighted by Gasteiger charge is 2.20. The molecule has 3 rings (SSSR count). The van der Waals surface area contributed by atoms with Crippen molar-refractivity contribution in [2.24, 2.45) is 5.92 Å². The zero-order valence-electron chi connectivity index (χ0n) is 14.2. The van der Waals surface area contributed by atoms with Gasteiger partial charge in [-0.1, -0.05) is 6.07 Å². The zero-order valence-corrected chi connectivity index (χ0v) is 14.2. The first-order chi connectivity index (χ1) is 11.7. The molecule has 1 aliphatic carbocycles. The van der Waals surface area contributed by atoms with Gasteiger partial charge in [-0.25, -0.2) is 4.79 Å². The smallest absolute Gasteiger partial charge is 0.315 e. The summed E-state index contributed by atoms with van der Waals surface area (Å²) in [5, 5.41) is 5.80. The quantitative estimate of drug-likeness (QED) is 0.717. The average molecular weight is 334 g/mol. The third-order valence-electron chi connectivity index (χ3n) is 4.22. The van der Waals surface area contributed by atoms with Crippen molar-refractivity contribution in [2.45, 2.75) is 32.2 Å². The van der Waals surface area contributed by atoms with Crippen LogP contribution >= 0.6 is 0 Å². The fourth-order valence-electron chi connectivity index (χ4n) is 2.57. The third kappa shape index (κ3) is 5.03. The van der Waals surface area contributed by atoms with E-state index in [1.165, 1.54) is 12.8 Å². The van der Waals surface area contributed by atoms with Gasteiger partial charge in [-0.05, 0) is 49.8 Å². The van der Waals surface area contributed by atoms with E-state index in [-0.39, 0.29) is 12.1 Å². The van der Waals surface area contributed by atoms with Crippen molar-refractivity contribution in [1.82, 2.24) is 10.6 Å². The van der Waals surface area contributed by atoms with E-state index in [0.29, 0.717) is 26.4 Å². The van der Waals surface area contributed by atoms with Crippen molar-refractivity contribution in [2.75, 3.05) is 33.0 Å². The van der Waals surface area contributed by atoms with Crippen molar-refractivity contribution >= 4 is 6.03 Å². The van der Waals surface area contributed by atoms with Crippen LogP contribution in [0.3, 0.4) is 0 Å². The minimum absolute atomic E-state index is 0.105. The van der Waals surface area contributed by atoms with E-state index in [2.05, 4.69) is 10.6 Å². The summed E-state index contributed by atoms with van der Waals surface area (Å²) in [5.74, 6) is 2.28. The number of hydrogen-bond acceptors (Lipinski definition) is 4. The van der Waals surface area contributed by atoms with Gasteiger partial charge in [0.1, 0.15) is 13.2 Å². The molecule has 0 bridgehead atoms. The molecule has 1 heterocycles. The molecule has 2 N–H and O–H groups in total. The number of carbonyl (C=O) groups excluding carboxylic acids is 1. The zero-order chi connectivity index (χ0) is 16.8. The summed E-state index contributed by atoms with van der Waals surface area (Å²) in [6, 6.07) is 5.48. The molecule has 24 heavy (non-hydrogen) atoms. The molecule has 0 aromatic heterocycles. The topological polar surface area (TPSA) is 68.8 Å². The molecule has 6 heteroatoms. The second-order valence-electron chi connectivity index (χ2n) is 6.40. The molecule has 1 saturated carbocycles. The molecule has 1 aliphatic heterocycles. The molecule has 6 nitrogen and oxygen atoms in total. The predicted octanol–water partition coefficient (Wildman–Crippen LogP) is 2.63. The van der Waals surface area contributed by atoms with Gasteiger partial charge in [-0.15, -0.1) is 0 Å². The molecule has 1 unspecified atom stereocenters. The highest BCUT2D eigenvalue weighted by Crippen LogP contribution is 2.32. The van der Waals surface area contributed by atoms with E-state index in [0.717, 1.165) is 36.0 Å². The Morgan fingerprint density at radius 2 is 2.08 bits per heavy atom. The average Bonchev–Trinajstić information content (AvgIpc) is 3.41. The van der Waals surface area contributed by atoms with Crippen molar-refractivity contribution < 1.29 is 19.0 Å². The van der Waals surface area contributed by atoms with Gasteiger partial charge in [-0.3, -0.25) is 0 Å². The van der Waals surface area contributed by atoms with Gasteiger partial charge in [-0.2, -0.15) is 0 Å². The Hall–Kier alpha value is -1.95. The maximum atomic E-state index is 11.9. The van der Waals surface area contributed by atoms with Crippen molar-refractivity contribution in [1.29, 1.82) is 0 Å². The molecular formula is C18H26N2O4. The van der Waals surface area contributed by atoms with Crippen LogP contribution in [0.4, 0.5) is 4.79 Å². The summed E-state index contributed by atoms with van der Waals surface area (Å²) in [7, 11) is 0. The van der Waals surface area contributed by atoms with E-state index in [9.17, 15) is 4.79 Å². The summed E-state index contributed by atoms with van der Waals surface area (Å²) in [5.41, 5.74) is 0.988. The molecule has 0 radical (unpaired) electrons. The maximum absolute atomic E-state index is 11.9. The Balaban J connectivity index is 1.35. The van der Waals surface area contributed by atoms with Crippen molar-refractivity contribution in [3.05, 3.63) is 23.8 Å². The van der Waals surface area contributed by atoms with E-state index >= 15 is 0 Å². The van der Waals surface area contributed by atoms with Crippen LogP contribution in [0.15, 0.2) is 18.2 Å². The van der Waals surface area contributed by atoms with Gasteiger partial charge >= 0.3 is 6.03 Å². The monoisotopic (exact) mass is 334 g/mol. The minimum Gasteiger partial charge on any atom is -0.486 e. The molecule has 1 fully saturated rings. The van der Waals surface area contributed by atoms with Gasteiger partial charge in [0.2, 0.25) is 0 Å². The van der Waals surface area contributed by atoms with Crippen molar-refractivity contribution in [3.63, 3.8) is 0 Å². The van der Waals surface area contributed by atoms with Gasteiger partial charge < -0.3 is 24.8 Å². The number of fused-ring (bicyclic) bond motifs is 1. The Morgan fingerprint density at radius 3 is 2.88 bits per heavy atom. The largest absolute Gasteiger partial charge is 0.486 e. The summed E-state index contributed by atoms with van der Waals surface area (Å²) >= 11 is 0. The van der Waals surface area contributed by atoms with Gasteiger partial charge in [0.25, 0.3) is 0 Å². The highest BCUT2D eigenvalue weighted by molar-refractivity contribution is 5.74. The summed E-state index contributed by atoms with van der Waals surface area (Å²) in [6.07, 6.45) is 3.44. The van der Waals surface area contributed by atoms with Crippen LogP contribution < -0.4 is 20.1 Å². The number of ether oxygens (including phenoxy) is 3. The number of amides is 2.